The maximum absolute atomic E-state index is 11.4. The van der Waals surface area contributed by atoms with Gasteiger partial charge < -0.3 is 34.1 Å². The summed E-state index contributed by atoms with van der Waals surface area (Å²) in [5, 5.41) is 19.9. The molecule has 2 N–H and O–H groups in total. The number of hydrogen-bond donors (Lipinski definition) is 2. The molecule has 0 aliphatic carbocycles. The summed E-state index contributed by atoms with van der Waals surface area (Å²) in [5.74, 6) is -0.384. The summed E-state index contributed by atoms with van der Waals surface area (Å²) < 4.78 is 21.2. The molecular formula is C19H28N2O7. The molecule has 1 heterocycles. The lowest BCUT2D eigenvalue weighted by Gasteiger charge is -2.18. The molecule has 1 unspecified atom stereocenters. The van der Waals surface area contributed by atoms with Crippen molar-refractivity contribution in [1.82, 2.24) is 4.90 Å². The number of likely N-dealkylation sites (N-methyl/N-ethyl adjacent to an activating group) is 1. The summed E-state index contributed by atoms with van der Waals surface area (Å²) >= 11 is 0. The first kappa shape index (κ1) is 21.9. The molecule has 1 aromatic carbocycles. The summed E-state index contributed by atoms with van der Waals surface area (Å²) in [6.07, 6.45) is 0. The van der Waals surface area contributed by atoms with E-state index in [4.69, 9.17) is 18.9 Å². The summed E-state index contributed by atoms with van der Waals surface area (Å²) in [6.45, 7) is 4.35. The molecule has 0 fully saturated rings. The van der Waals surface area contributed by atoms with E-state index in [0.717, 1.165) is 0 Å². The van der Waals surface area contributed by atoms with Crippen LogP contribution in [-0.2, 0) is 19.0 Å². The van der Waals surface area contributed by atoms with Crippen molar-refractivity contribution >= 4 is 11.8 Å². The van der Waals surface area contributed by atoms with Gasteiger partial charge in [-0.15, -0.1) is 0 Å². The number of phenolic OH excluding ortho intramolecular Hbond substituents is 1. The Morgan fingerprint density at radius 1 is 1.18 bits per heavy atom. The Morgan fingerprint density at radius 2 is 1.82 bits per heavy atom. The van der Waals surface area contributed by atoms with E-state index in [2.05, 4.69) is 4.99 Å². The third-order valence-electron chi connectivity index (χ3n) is 4.25. The Hall–Kier alpha value is -2.36. The fourth-order valence-corrected chi connectivity index (χ4v) is 2.77. The van der Waals surface area contributed by atoms with Crippen molar-refractivity contribution in [3.8, 4) is 11.5 Å². The van der Waals surface area contributed by atoms with Crippen LogP contribution in [0.3, 0.4) is 0 Å². The number of hydrogen-bond acceptors (Lipinski definition) is 8. The Balaban J connectivity index is 1.89. The van der Waals surface area contributed by atoms with Crippen molar-refractivity contribution in [1.29, 1.82) is 0 Å². The van der Waals surface area contributed by atoms with Crippen LogP contribution in [0, 0.1) is 0 Å². The lowest BCUT2D eigenvalue weighted by molar-refractivity contribution is -0.142. The van der Waals surface area contributed by atoms with E-state index in [1.54, 1.807) is 44.2 Å². The summed E-state index contributed by atoms with van der Waals surface area (Å²) in [5.41, 5.74) is -0.815. The van der Waals surface area contributed by atoms with E-state index in [1.165, 1.54) is 0 Å². The van der Waals surface area contributed by atoms with Gasteiger partial charge >= 0.3 is 5.97 Å². The van der Waals surface area contributed by atoms with Gasteiger partial charge in [0.1, 0.15) is 12.4 Å². The minimum Gasteiger partial charge on any atom is -0.504 e. The lowest BCUT2D eigenvalue weighted by atomic mass is 10.1. The van der Waals surface area contributed by atoms with Gasteiger partial charge in [-0.3, -0.25) is 0 Å². The van der Waals surface area contributed by atoms with Crippen molar-refractivity contribution in [2.24, 2.45) is 4.99 Å². The van der Waals surface area contributed by atoms with Crippen LogP contribution in [0.4, 0.5) is 0 Å². The molecule has 0 amide bonds. The highest BCUT2D eigenvalue weighted by atomic mass is 16.6. The summed E-state index contributed by atoms with van der Waals surface area (Å²) in [4.78, 5) is 17.5. The third kappa shape index (κ3) is 5.57. The number of carbonyl (C=O) groups is 1. The number of nitrogens with zero attached hydrogens (tertiary/aromatic N) is 2. The number of carboxylic acid groups (broad SMARTS) is 1. The van der Waals surface area contributed by atoms with Crippen LogP contribution in [0.5, 0.6) is 11.5 Å². The van der Waals surface area contributed by atoms with E-state index in [9.17, 15) is 15.0 Å². The minimum atomic E-state index is -1.24. The summed E-state index contributed by atoms with van der Waals surface area (Å²) in [6, 6.07) is 5.04. The molecule has 1 aliphatic rings. The highest BCUT2D eigenvalue weighted by Crippen LogP contribution is 2.33. The molecule has 1 atom stereocenters. The molecule has 9 heteroatoms. The van der Waals surface area contributed by atoms with E-state index in [0.29, 0.717) is 44.4 Å². The van der Waals surface area contributed by atoms with Crippen molar-refractivity contribution < 1.29 is 34.0 Å². The first-order valence-corrected chi connectivity index (χ1v) is 9.03. The quantitative estimate of drug-likeness (QED) is 0.503. The zero-order valence-electron chi connectivity index (χ0n) is 16.5. The van der Waals surface area contributed by atoms with E-state index < -0.39 is 11.5 Å². The average molecular weight is 396 g/mol. The molecular weight excluding hydrogens is 368 g/mol. The van der Waals surface area contributed by atoms with Crippen LogP contribution in [0.15, 0.2) is 23.2 Å². The predicted octanol–water partition coefficient (Wildman–Crippen LogP) is 0.986. The normalized spacial score (nSPS) is 19.0. The van der Waals surface area contributed by atoms with Crippen LogP contribution in [0.25, 0.3) is 0 Å². The Kier molecular flexibility index (Phi) is 8.04. The number of carboxylic acids is 1. The largest absolute Gasteiger partial charge is 0.504 e. The van der Waals surface area contributed by atoms with E-state index >= 15 is 0 Å². The fraction of sp³-hybridized carbons (Fsp3) is 0.579. The molecule has 0 aromatic heterocycles. The van der Waals surface area contributed by atoms with Gasteiger partial charge in [-0.25, -0.2) is 9.79 Å². The third-order valence-corrected chi connectivity index (χ3v) is 4.25. The van der Waals surface area contributed by atoms with E-state index in [1.807, 2.05) is 0 Å². The molecule has 0 bridgehead atoms. The standard InChI is InChI=1S/C19H28N2O7/c1-19(18(23)24)13-21(2)17(20-19)14-5-4-6-15(16(14)22)28-12-11-27-10-9-26-8-7-25-3/h4-6,22H,7-13H2,1-3H3,(H,23,24). The molecule has 156 valence electrons. The maximum Gasteiger partial charge on any atom is 0.333 e. The number of methoxy groups -OCH3 is 1. The SMILES string of the molecule is COCCOCCOCCOc1cccc(C2=NC(C)(C(=O)O)CN2C)c1O. The molecule has 0 spiro atoms. The second-order valence-electron chi connectivity index (χ2n) is 6.59. The number of phenols is 1. The van der Waals surface area contributed by atoms with Crippen molar-refractivity contribution in [3.63, 3.8) is 0 Å². The number of amidine groups is 1. The number of benzene rings is 1. The first-order chi connectivity index (χ1) is 13.4. The Morgan fingerprint density at radius 3 is 2.43 bits per heavy atom. The van der Waals surface area contributed by atoms with Gasteiger partial charge in [0.2, 0.25) is 0 Å². The van der Waals surface area contributed by atoms with Crippen LogP contribution >= 0.6 is 0 Å². The lowest BCUT2D eigenvalue weighted by Crippen LogP contribution is -2.38. The van der Waals surface area contributed by atoms with Gasteiger partial charge in [0, 0.05) is 14.2 Å². The highest BCUT2D eigenvalue weighted by molar-refractivity contribution is 6.05. The summed E-state index contributed by atoms with van der Waals surface area (Å²) in [7, 11) is 3.35. The zero-order valence-corrected chi connectivity index (χ0v) is 16.5. The second-order valence-corrected chi connectivity index (χ2v) is 6.59. The first-order valence-electron chi connectivity index (χ1n) is 9.03. The maximum atomic E-state index is 11.4. The number of aliphatic imine (C=N–C) groups is 1. The van der Waals surface area contributed by atoms with Crippen LogP contribution in [0.2, 0.25) is 0 Å². The zero-order chi connectivity index (χ0) is 20.6. The van der Waals surface area contributed by atoms with E-state index in [-0.39, 0.29) is 24.7 Å². The number of aliphatic carboxylic acids is 1. The molecule has 0 radical (unpaired) electrons. The molecule has 2 rings (SSSR count). The highest BCUT2D eigenvalue weighted by Gasteiger charge is 2.41. The predicted molar refractivity (Wildman–Crippen MR) is 102 cm³/mol. The Bertz CT molecular complexity index is 695. The Labute approximate surface area is 164 Å². The van der Waals surface area contributed by atoms with Gasteiger partial charge in [-0.1, -0.05) is 6.07 Å². The fourth-order valence-electron chi connectivity index (χ4n) is 2.77. The number of ether oxygens (including phenoxy) is 4. The molecule has 1 aliphatic heterocycles. The second kappa shape index (κ2) is 10.3. The van der Waals surface area contributed by atoms with Crippen molar-refractivity contribution in [2.45, 2.75) is 12.5 Å². The molecule has 1 aromatic rings. The van der Waals surface area contributed by atoms with Crippen LogP contribution in [0.1, 0.15) is 12.5 Å². The minimum absolute atomic E-state index is 0.0781. The van der Waals surface area contributed by atoms with Gasteiger partial charge in [-0.2, -0.15) is 0 Å². The monoisotopic (exact) mass is 396 g/mol. The molecule has 0 saturated heterocycles. The van der Waals surface area contributed by atoms with Crippen molar-refractivity contribution in [2.75, 3.05) is 60.3 Å². The molecule has 9 nitrogen and oxygen atoms in total. The van der Waals surface area contributed by atoms with Gasteiger partial charge in [0.05, 0.1) is 45.1 Å². The van der Waals surface area contributed by atoms with Gasteiger partial charge in [0.25, 0.3) is 0 Å². The number of para-hydroxylation sites is 1. The number of aromatic hydroxyl groups is 1. The van der Waals surface area contributed by atoms with Gasteiger partial charge in [-0.05, 0) is 19.1 Å². The molecule has 28 heavy (non-hydrogen) atoms. The van der Waals surface area contributed by atoms with Crippen molar-refractivity contribution in [3.05, 3.63) is 23.8 Å². The topological polar surface area (TPSA) is 110 Å². The number of rotatable bonds is 12. The van der Waals surface area contributed by atoms with Gasteiger partial charge in [0.15, 0.2) is 17.0 Å². The van der Waals surface area contributed by atoms with Crippen LogP contribution in [-0.4, -0.2) is 92.8 Å². The van der Waals surface area contributed by atoms with Crippen LogP contribution < -0.4 is 4.74 Å². The average Bonchev–Trinajstić information content (AvgIpc) is 2.97. The molecule has 0 saturated carbocycles. The smallest absolute Gasteiger partial charge is 0.333 e.